The molecule has 2 aromatic carbocycles. The zero-order valence-corrected chi connectivity index (χ0v) is 17.5. The minimum Gasteiger partial charge on any atom is -0.493 e. The van der Waals surface area contributed by atoms with Crippen molar-refractivity contribution >= 4 is 18.4 Å². The summed E-state index contributed by atoms with van der Waals surface area (Å²) in [6.45, 7) is 6.56. The summed E-state index contributed by atoms with van der Waals surface area (Å²) in [5, 5.41) is 11.7. The fraction of sp³-hybridized carbons (Fsp3) is 0.286. The molecule has 0 aliphatic heterocycles. The van der Waals surface area contributed by atoms with Gasteiger partial charge in [-0.1, -0.05) is 45.0 Å². The van der Waals surface area contributed by atoms with Gasteiger partial charge in [-0.3, -0.25) is 0 Å². The van der Waals surface area contributed by atoms with Gasteiger partial charge in [0.25, 0.3) is 0 Å². The van der Waals surface area contributed by atoms with Crippen molar-refractivity contribution in [3.05, 3.63) is 58.4 Å². The summed E-state index contributed by atoms with van der Waals surface area (Å²) in [7, 11) is 3.21. The number of nitrogens with one attached hydrogen (secondary N) is 1. The lowest BCUT2D eigenvalue weighted by molar-refractivity contribution is 0.355. The lowest BCUT2D eigenvalue weighted by Crippen LogP contribution is -2.10. The van der Waals surface area contributed by atoms with Crippen LogP contribution in [0.1, 0.15) is 31.9 Å². The highest BCUT2D eigenvalue weighted by Crippen LogP contribution is 2.27. The molecule has 6 nitrogen and oxygen atoms in total. The molecule has 0 aliphatic rings. The molecule has 1 heterocycles. The van der Waals surface area contributed by atoms with Crippen molar-refractivity contribution in [2.45, 2.75) is 26.2 Å². The molecule has 0 unspecified atom stereocenters. The molecule has 0 fully saturated rings. The lowest BCUT2D eigenvalue weighted by Gasteiger charge is -2.18. The van der Waals surface area contributed by atoms with Gasteiger partial charge in [0, 0.05) is 5.56 Å². The van der Waals surface area contributed by atoms with Crippen LogP contribution in [0.5, 0.6) is 11.5 Å². The van der Waals surface area contributed by atoms with Crippen LogP contribution >= 0.6 is 12.2 Å². The predicted molar refractivity (Wildman–Crippen MR) is 114 cm³/mol. The fourth-order valence-electron chi connectivity index (χ4n) is 2.76. The molecule has 0 amide bonds. The van der Waals surface area contributed by atoms with Crippen LogP contribution in [-0.2, 0) is 5.41 Å². The normalized spacial score (nSPS) is 11.8. The summed E-state index contributed by atoms with van der Waals surface area (Å²) in [5.74, 6) is 1.96. The van der Waals surface area contributed by atoms with Gasteiger partial charge in [0.2, 0.25) is 4.77 Å². The molecule has 7 heteroatoms. The van der Waals surface area contributed by atoms with Crippen molar-refractivity contribution in [1.29, 1.82) is 0 Å². The molecular weight excluding hydrogens is 372 g/mol. The Balaban J connectivity index is 1.94. The lowest BCUT2D eigenvalue weighted by atomic mass is 9.87. The number of hydrogen-bond donors (Lipinski definition) is 1. The summed E-state index contributed by atoms with van der Waals surface area (Å²) >= 11 is 5.35. The van der Waals surface area contributed by atoms with E-state index in [4.69, 9.17) is 21.7 Å². The molecular formula is C21H24N4O2S. The number of H-pyrrole nitrogens is 1. The number of aromatic amines is 1. The van der Waals surface area contributed by atoms with E-state index >= 15 is 0 Å². The van der Waals surface area contributed by atoms with E-state index < -0.39 is 0 Å². The highest BCUT2D eigenvalue weighted by molar-refractivity contribution is 7.71. The summed E-state index contributed by atoms with van der Waals surface area (Å²) in [6.07, 6.45) is 1.71. The standard InChI is InChI=1S/C21H24N4O2S/c1-21(2,3)16-9-7-15(8-10-16)19-23-24-20(28)25(19)22-13-14-6-11-17(26-4)18(12-14)27-5/h6-13H,1-5H3,(H,24,28)/b22-13+. The Hall–Kier alpha value is -2.93. The number of ether oxygens (including phenoxy) is 2. The second-order valence-electron chi connectivity index (χ2n) is 7.35. The first-order valence-corrected chi connectivity index (χ1v) is 9.29. The average molecular weight is 397 g/mol. The summed E-state index contributed by atoms with van der Waals surface area (Å²) in [5.41, 5.74) is 3.14. The molecule has 28 heavy (non-hydrogen) atoms. The van der Waals surface area contributed by atoms with Gasteiger partial charge in [-0.2, -0.15) is 14.9 Å². The third-order valence-electron chi connectivity index (χ3n) is 4.39. The quantitative estimate of drug-likeness (QED) is 0.497. The Kier molecular flexibility index (Phi) is 5.65. The number of nitrogens with zero attached hydrogens (tertiary/aromatic N) is 3. The second-order valence-corrected chi connectivity index (χ2v) is 7.74. The van der Waals surface area contributed by atoms with Crippen LogP contribution in [0.2, 0.25) is 0 Å². The van der Waals surface area contributed by atoms with Crippen LogP contribution in [0.3, 0.4) is 0 Å². The van der Waals surface area contributed by atoms with Gasteiger partial charge in [0.1, 0.15) is 0 Å². The number of rotatable bonds is 5. The molecule has 0 bridgehead atoms. The van der Waals surface area contributed by atoms with E-state index in [0.717, 1.165) is 11.1 Å². The fourth-order valence-corrected chi connectivity index (χ4v) is 2.94. The van der Waals surface area contributed by atoms with Gasteiger partial charge in [-0.05, 0) is 47.0 Å². The smallest absolute Gasteiger partial charge is 0.216 e. The number of methoxy groups -OCH3 is 2. The second kappa shape index (κ2) is 7.98. The molecule has 0 aliphatic carbocycles. The van der Waals surface area contributed by atoms with Crippen molar-refractivity contribution < 1.29 is 9.47 Å². The minimum absolute atomic E-state index is 0.0921. The Morgan fingerprint density at radius 3 is 2.32 bits per heavy atom. The average Bonchev–Trinajstić information content (AvgIpc) is 3.06. The summed E-state index contributed by atoms with van der Waals surface area (Å²) in [4.78, 5) is 0. The van der Waals surface area contributed by atoms with Crippen molar-refractivity contribution in [3.63, 3.8) is 0 Å². The van der Waals surface area contributed by atoms with Crippen LogP contribution in [0.15, 0.2) is 47.6 Å². The van der Waals surface area contributed by atoms with Crippen molar-refractivity contribution in [2.24, 2.45) is 5.10 Å². The summed E-state index contributed by atoms with van der Waals surface area (Å²) in [6, 6.07) is 13.9. The van der Waals surface area contributed by atoms with E-state index in [1.54, 1.807) is 25.1 Å². The first-order valence-electron chi connectivity index (χ1n) is 8.88. The van der Waals surface area contributed by atoms with Crippen molar-refractivity contribution in [3.8, 4) is 22.9 Å². The van der Waals surface area contributed by atoms with E-state index in [1.165, 1.54) is 5.56 Å². The molecule has 1 N–H and O–H groups in total. The van der Waals surface area contributed by atoms with Crippen molar-refractivity contribution in [1.82, 2.24) is 14.9 Å². The SMILES string of the molecule is COc1ccc(/C=N/n2c(-c3ccc(C(C)(C)C)cc3)n[nH]c2=S)cc1OC. The van der Waals surface area contributed by atoms with Crippen LogP contribution in [-0.4, -0.2) is 35.3 Å². The van der Waals surface area contributed by atoms with Crippen LogP contribution < -0.4 is 9.47 Å². The third-order valence-corrected chi connectivity index (χ3v) is 4.65. The minimum atomic E-state index is 0.0921. The number of benzene rings is 2. The van der Waals surface area contributed by atoms with Crippen LogP contribution in [0.4, 0.5) is 0 Å². The van der Waals surface area contributed by atoms with Gasteiger partial charge < -0.3 is 9.47 Å². The van der Waals surface area contributed by atoms with Gasteiger partial charge in [-0.15, -0.1) is 0 Å². The monoisotopic (exact) mass is 396 g/mol. The molecule has 1 aromatic heterocycles. The molecule has 0 atom stereocenters. The molecule has 0 saturated carbocycles. The number of hydrogen-bond acceptors (Lipinski definition) is 5. The molecule has 3 aromatic rings. The van der Waals surface area contributed by atoms with E-state index in [2.05, 4.69) is 48.2 Å². The first kappa shape index (κ1) is 19.8. The van der Waals surface area contributed by atoms with Gasteiger partial charge in [-0.25, -0.2) is 5.10 Å². The Morgan fingerprint density at radius 1 is 1.04 bits per heavy atom. The van der Waals surface area contributed by atoms with E-state index in [-0.39, 0.29) is 5.41 Å². The molecule has 3 rings (SSSR count). The maximum absolute atomic E-state index is 5.35. The summed E-state index contributed by atoms with van der Waals surface area (Å²) < 4.78 is 12.6. The highest BCUT2D eigenvalue weighted by atomic mass is 32.1. The Labute approximate surface area is 169 Å². The maximum atomic E-state index is 5.35. The van der Waals surface area contributed by atoms with Crippen LogP contribution in [0, 0.1) is 4.77 Å². The Bertz CT molecular complexity index is 1040. The van der Waals surface area contributed by atoms with Gasteiger partial charge in [0.15, 0.2) is 17.3 Å². The zero-order valence-electron chi connectivity index (χ0n) is 16.7. The predicted octanol–water partition coefficient (Wildman–Crippen LogP) is 4.80. The zero-order chi connectivity index (χ0) is 20.3. The topological polar surface area (TPSA) is 64.4 Å². The van der Waals surface area contributed by atoms with Crippen LogP contribution in [0.25, 0.3) is 11.4 Å². The Morgan fingerprint density at radius 2 is 1.71 bits per heavy atom. The van der Waals surface area contributed by atoms with Gasteiger partial charge >= 0.3 is 0 Å². The third kappa shape index (κ3) is 4.14. The highest BCUT2D eigenvalue weighted by Gasteiger charge is 2.14. The van der Waals surface area contributed by atoms with Crippen molar-refractivity contribution in [2.75, 3.05) is 14.2 Å². The molecule has 146 valence electrons. The largest absolute Gasteiger partial charge is 0.493 e. The van der Waals surface area contributed by atoms with E-state index in [9.17, 15) is 0 Å². The molecule has 0 radical (unpaired) electrons. The van der Waals surface area contributed by atoms with Gasteiger partial charge in [0.05, 0.1) is 20.4 Å². The number of aromatic nitrogens is 3. The van der Waals surface area contributed by atoms with E-state index in [1.807, 2.05) is 30.3 Å². The maximum Gasteiger partial charge on any atom is 0.216 e. The molecule has 0 saturated heterocycles. The molecule has 0 spiro atoms. The first-order chi connectivity index (χ1) is 13.3. The van der Waals surface area contributed by atoms with E-state index in [0.29, 0.717) is 22.1 Å².